The lowest BCUT2D eigenvalue weighted by molar-refractivity contribution is 0.0796. The van der Waals surface area contributed by atoms with E-state index in [4.69, 9.17) is 4.42 Å². The molecular weight excluding hydrogens is 392 g/mol. The Morgan fingerprint density at radius 2 is 2.10 bits per heavy atom. The maximum atomic E-state index is 13.4. The molecule has 31 heavy (non-hydrogen) atoms. The normalized spacial score (nSPS) is 14.8. The number of aryl methyl sites for hydroxylation is 2. The maximum Gasteiger partial charge on any atom is 0.257 e. The Balaban J connectivity index is 1.39. The Bertz CT molecular complexity index is 1300. The topological polar surface area (TPSA) is 99.9 Å². The van der Waals surface area contributed by atoms with Crippen molar-refractivity contribution in [3.05, 3.63) is 47.2 Å². The van der Waals surface area contributed by atoms with Gasteiger partial charge in [0.1, 0.15) is 23.7 Å². The molecule has 8 nitrogen and oxygen atoms in total. The highest BCUT2D eigenvalue weighted by Gasteiger charge is 2.38. The molecular formula is C23H26N6O2. The number of hydrogen-bond donors (Lipinski definition) is 2. The van der Waals surface area contributed by atoms with E-state index in [-0.39, 0.29) is 11.4 Å². The lowest BCUT2D eigenvalue weighted by Gasteiger charge is -2.17. The van der Waals surface area contributed by atoms with Crippen LogP contribution in [0.4, 0.5) is 5.82 Å². The average molecular weight is 419 g/mol. The molecule has 1 aliphatic rings. The van der Waals surface area contributed by atoms with E-state index in [1.165, 1.54) is 11.9 Å². The third-order valence-corrected chi connectivity index (χ3v) is 6.02. The van der Waals surface area contributed by atoms with Crippen molar-refractivity contribution in [1.82, 2.24) is 24.8 Å². The Hall–Kier alpha value is -3.42. The number of aromatic amines is 1. The SMILES string of the molecule is Cc1ccc2nc(CCN(C)C(=O)c3c(C)oc4ncnc(NC5(C)CC5)c34)[nH]c2c1. The van der Waals surface area contributed by atoms with E-state index in [1.807, 2.05) is 12.1 Å². The maximum absolute atomic E-state index is 13.4. The lowest BCUT2D eigenvalue weighted by Crippen LogP contribution is -2.29. The molecule has 0 radical (unpaired) electrons. The standard InChI is InChI=1S/C23H26N6O2/c1-13-5-6-15-16(11-13)27-17(26-15)7-10-29(4)22(30)18-14(2)31-21-19(18)20(24-12-25-21)28-23(3)8-9-23/h5-6,11-12H,7-10H2,1-4H3,(H,26,27)(H,24,25,28). The second-order valence-corrected chi connectivity index (χ2v) is 8.80. The van der Waals surface area contributed by atoms with Gasteiger partial charge in [-0.15, -0.1) is 0 Å². The van der Waals surface area contributed by atoms with Crippen molar-refractivity contribution in [3.63, 3.8) is 0 Å². The van der Waals surface area contributed by atoms with E-state index in [1.54, 1.807) is 18.9 Å². The number of carbonyl (C=O) groups is 1. The first-order valence-corrected chi connectivity index (χ1v) is 10.6. The summed E-state index contributed by atoms with van der Waals surface area (Å²) in [5.41, 5.74) is 4.12. The molecule has 3 heterocycles. The Morgan fingerprint density at radius 1 is 1.29 bits per heavy atom. The van der Waals surface area contributed by atoms with Crippen LogP contribution in [-0.2, 0) is 6.42 Å². The zero-order valence-electron chi connectivity index (χ0n) is 18.2. The molecule has 0 unspecified atom stereocenters. The first-order valence-electron chi connectivity index (χ1n) is 10.6. The van der Waals surface area contributed by atoms with Crippen LogP contribution in [0.25, 0.3) is 22.1 Å². The number of nitrogens with zero attached hydrogens (tertiary/aromatic N) is 4. The second-order valence-electron chi connectivity index (χ2n) is 8.80. The Morgan fingerprint density at radius 3 is 2.87 bits per heavy atom. The van der Waals surface area contributed by atoms with Gasteiger partial charge in [0.05, 0.1) is 22.0 Å². The van der Waals surface area contributed by atoms with Crippen LogP contribution in [0.15, 0.2) is 28.9 Å². The highest BCUT2D eigenvalue weighted by atomic mass is 16.3. The summed E-state index contributed by atoms with van der Waals surface area (Å²) in [7, 11) is 1.80. The van der Waals surface area contributed by atoms with Crippen LogP contribution >= 0.6 is 0 Å². The van der Waals surface area contributed by atoms with Crippen LogP contribution in [0.2, 0.25) is 0 Å². The minimum Gasteiger partial charge on any atom is -0.442 e. The summed E-state index contributed by atoms with van der Waals surface area (Å²) in [6.07, 6.45) is 4.26. The fourth-order valence-corrected chi connectivity index (χ4v) is 3.86. The number of aromatic nitrogens is 4. The fourth-order valence-electron chi connectivity index (χ4n) is 3.86. The number of benzene rings is 1. The van der Waals surface area contributed by atoms with Gasteiger partial charge in [-0.2, -0.15) is 0 Å². The third kappa shape index (κ3) is 3.62. The van der Waals surface area contributed by atoms with Gasteiger partial charge in [0.25, 0.3) is 5.91 Å². The molecule has 0 spiro atoms. The zero-order chi connectivity index (χ0) is 21.8. The van der Waals surface area contributed by atoms with Crippen molar-refractivity contribution in [1.29, 1.82) is 0 Å². The van der Waals surface area contributed by atoms with Gasteiger partial charge >= 0.3 is 0 Å². The summed E-state index contributed by atoms with van der Waals surface area (Å²) in [6, 6.07) is 6.14. The highest BCUT2D eigenvalue weighted by Crippen LogP contribution is 2.40. The third-order valence-electron chi connectivity index (χ3n) is 6.02. The first kappa shape index (κ1) is 19.5. The average Bonchev–Trinajstić information content (AvgIpc) is 3.17. The summed E-state index contributed by atoms with van der Waals surface area (Å²) in [6.45, 7) is 6.53. The first-order chi connectivity index (χ1) is 14.8. The molecule has 0 aliphatic heterocycles. The monoisotopic (exact) mass is 418 g/mol. The summed E-state index contributed by atoms with van der Waals surface area (Å²) in [4.78, 5) is 31.7. The molecule has 8 heteroatoms. The van der Waals surface area contributed by atoms with Crippen LogP contribution in [0.5, 0.6) is 0 Å². The number of hydrogen-bond acceptors (Lipinski definition) is 6. The number of fused-ring (bicyclic) bond motifs is 2. The van der Waals surface area contributed by atoms with Crippen molar-refractivity contribution in [2.24, 2.45) is 0 Å². The molecule has 0 bridgehead atoms. The van der Waals surface area contributed by atoms with Crippen molar-refractivity contribution in [2.45, 2.75) is 45.6 Å². The van der Waals surface area contributed by atoms with Crippen LogP contribution in [0.3, 0.4) is 0 Å². The van der Waals surface area contributed by atoms with Crippen LogP contribution in [-0.4, -0.2) is 49.9 Å². The van der Waals surface area contributed by atoms with Crippen molar-refractivity contribution in [2.75, 3.05) is 18.9 Å². The molecule has 1 aliphatic carbocycles. The number of nitrogens with one attached hydrogen (secondary N) is 2. The van der Waals surface area contributed by atoms with Gasteiger partial charge in [-0.25, -0.2) is 15.0 Å². The molecule has 5 rings (SSSR count). The van der Waals surface area contributed by atoms with Gasteiger partial charge in [-0.05, 0) is 51.3 Å². The number of H-pyrrole nitrogens is 1. The number of amides is 1. The second kappa shape index (κ2) is 7.08. The summed E-state index contributed by atoms with van der Waals surface area (Å²) in [5, 5.41) is 4.12. The Kier molecular flexibility index (Phi) is 4.46. The molecule has 1 aromatic carbocycles. The lowest BCUT2D eigenvalue weighted by atomic mass is 10.1. The molecule has 0 atom stereocenters. The van der Waals surface area contributed by atoms with Gasteiger partial charge in [-0.3, -0.25) is 4.79 Å². The van der Waals surface area contributed by atoms with Crippen molar-refractivity contribution in [3.8, 4) is 0 Å². The van der Waals surface area contributed by atoms with Crippen molar-refractivity contribution >= 4 is 33.9 Å². The van der Waals surface area contributed by atoms with Gasteiger partial charge in [-0.1, -0.05) is 6.07 Å². The number of rotatable bonds is 6. The smallest absolute Gasteiger partial charge is 0.257 e. The predicted molar refractivity (Wildman–Crippen MR) is 119 cm³/mol. The number of imidazole rings is 1. The largest absolute Gasteiger partial charge is 0.442 e. The van der Waals surface area contributed by atoms with Gasteiger partial charge in [0, 0.05) is 25.6 Å². The summed E-state index contributed by atoms with van der Waals surface area (Å²) < 4.78 is 5.80. The van der Waals surface area contributed by atoms with E-state index >= 15 is 0 Å². The number of carbonyl (C=O) groups excluding carboxylic acids is 1. The fraction of sp³-hybridized carbons (Fsp3) is 0.391. The molecule has 4 aromatic rings. The number of furan rings is 1. The van der Waals surface area contributed by atoms with Crippen LogP contribution in [0.1, 0.15) is 47.3 Å². The minimum absolute atomic E-state index is 0.0261. The van der Waals surface area contributed by atoms with Crippen molar-refractivity contribution < 1.29 is 9.21 Å². The van der Waals surface area contributed by atoms with Gasteiger partial charge < -0.3 is 19.6 Å². The molecule has 1 amide bonds. The van der Waals surface area contributed by atoms with Gasteiger partial charge in [0.2, 0.25) is 5.71 Å². The molecule has 2 N–H and O–H groups in total. The van der Waals surface area contributed by atoms with E-state index in [0.717, 1.165) is 29.7 Å². The van der Waals surface area contributed by atoms with E-state index in [2.05, 4.69) is 45.2 Å². The summed E-state index contributed by atoms with van der Waals surface area (Å²) in [5.74, 6) is 1.96. The quantitative estimate of drug-likeness (QED) is 0.491. The molecule has 1 saturated carbocycles. The van der Waals surface area contributed by atoms with Crippen LogP contribution < -0.4 is 5.32 Å². The minimum atomic E-state index is -0.109. The molecule has 1 fully saturated rings. The summed E-state index contributed by atoms with van der Waals surface area (Å²) >= 11 is 0. The Labute approximate surface area is 180 Å². The van der Waals surface area contributed by atoms with E-state index in [0.29, 0.717) is 41.2 Å². The number of anilines is 1. The van der Waals surface area contributed by atoms with Gasteiger partial charge in [0.15, 0.2) is 0 Å². The van der Waals surface area contributed by atoms with E-state index < -0.39 is 0 Å². The number of likely N-dealkylation sites (N-methyl/N-ethyl adjacent to an activating group) is 1. The highest BCUT2D eigenvalue weighted by molar-refractivity contribution is 6.10. The zero-order valence-corrected chi connectivity index (χ0v) is 18.2. The van der Waals surface area contributed by atoms with E-state index in [9.17, 15) is 4.79 Å². The van der Waals surface area contributed by atoms with Crippen LogP contribution in [0, 0.1) is 13.8 Å². The molecule has 0 saturated heterocycles. The molecule has 3 aromatic heterocycles. The molecule has 160 valence electrons. The predicted octanol–water partition coefficient (Wildman–Crippen LogP) is 4.00.